The molecule has 1 atom stereocenters. The van der Waals surface area contributed by atoms with Crippen LogP contribution in [0, 0.1) is 0 Å². The van der Waals surface area contributed by atoms with E-state index in [1.807, 2.05) is 53.3 Å². The van der Waals surface area contributed by atoms with Crippen LogP contribution in [0.15, 0.2) is 48.7 Å². The lowest BCUT2D eigenvalue weighted by Gasteiger charge is -2.36. The molecule has 0 spiro atoms. The first kappa shape index (κ1) is 29.8. The van der Waals surface area contributed by atoms with Gasteiger partial charge in [-0.15, -0.1) is 0 Å². The fourth-order valence-electron chi connectivity index (χ4n) is 5.91. The van der Waals surface area contributed by atoms with Crippen LogP contribution in [0.1, 0.15) is 29.2 Å². The number of hydrogen-bond donors (Lipinski definition) is 1. The zero-order valence-corrected chi connectivity index (χ0v) is 25.7. The summed E-state index contributed by atoms with van der Waals surface area (Å²) in [5.41, 5.74) is 4.17. The van der Waals surface area contributed by atoms with Crippen LogP contribution in [0.3, 0.4) is 0 Å². The molecule has 0 radical (unpaired) electrons. The molecular weight excluding hydrogens is 556 g/mol. The third-order valence-corrected chi connectivity index (χ3v) is 8.20. The maximum absolute atomic E-state index is 6.39. The third-order valence-electron chi connectivity index (χ3n) is 7.97. The van der Waals surface area contributed by atoms with Crippen LogP contribution in [0.2, 0.25) is 5.02 Å². The maximum Gasteiger partial charge on any atom is 0.166 e. The van der Waals surface area contributed by atoms with Gasteiger partial charge in [-0.3, -0.25) is 9.58 Å². The first-order valence-corrected chi connectivity index (χ1v) is 14.5. The van der Waals surface area contributed by atoms with E-state index in [9.17, 15) is 0 Å². The standard InChI is InChI=1S/C32H39ClN4O5/c1-38-27-11-8-23(33)17-22(27)7-9-25(36-14-12-34-13-15-36)31-24-19-35-37(26(24)18-30(41-4)32(31)42-5)20-21-6-10-28(39-2)29(16-21)40-3/h6,8,10-11,16-19,25,34H,7,9,12-15,20H2,1-5H3. The molecule has 1 saturated heterocycles. The highest BCUT2D eigenvalue weighted by Gasteiger charge is 2.30. The Kier molecular flexibility index (Phi) is 9.62. The summed E-state index contributed by atoms with van der Waals surface area (Å²) < 4.78 is 30.6. The Labute approximate surface area is 252 Å². The average Bonchev–Trinajstić information content (AvgIpc) is 3.43. The molecule has 42 heavy (non-hydrogen) atoms. The van der Waals surface area contributed by atoms with Gasteiger partial charge in [0, 0.05) is 54.3 Å². The van der Waals surface area contributed by atoms with Gasteiger partial charge in [-0.25, -0.2) is 0 Å². The van der Waals surface area contributed by atoms with Crippen molar-refractivity contribution in [1.29, 1.82) is 0 Å². The third kappa shape index (κ3) is 6.09. The molecule has 1 fully saturated rings. The van der Waals surface area contributed by atoms with E-state index in [-0.39, 0.29) is 6.04 Å². The Bertz CT molecular complexity index is 1520. The van der Waals surface area contributed by atoms with Crippen molar-refractivity contribution in [2.45, 2.75) is 25.4 Å². The molecule has 9 nitrogen and oxygen atoms in total. The molecule has 1 aliphatic rings. The van der Waals surface area contributed by atoms with E-state index >= 15 is 0 Å². The molecule has 2 heterocycles. The molecule has 1 aliphatic heterocycles. The number of aromatic nitrogens is 2. The minimum Gasteiger partial charge on any atom is -0.496 e. The van der Waals surface area contributed by atoms with E-state index < -0.39 is 0 Å². The SMILES string of the molecule is COc1ccc(Cl)cc1CCC(c1c(OC)c(OC)cc2c1cnn2Cc1ccc(OC)c(OC)c1)N1CCNCC1. The molecule has 0 bridgehead atoms. The molecule has 224 valence electrons. The zero-order valence-electron chi connectivity index (χ0n) is 24.9. The van der Waals surface area contributed by atoms with Crippen molar-refractivity contribution in [2.24, 2.45) is 0 Å². The number of nitrogens with zero attached hydrogens (tertiary/aromatic N) is 3. The number of hydrogen-bond acceptors (Lipinski definition) is 8. The number of fused-ring (bicyclic) bond motifs is 1. The van der Waals surface area contributed by atoms with Crippen LogP contribution in [0.25, 0.3) is 10.9 Å². The van der Waals surface area contributed by atoms with Crippen molar-refractivity contribution in [3.05, 3.63) is 70.4 Å². The molecular formula is C32H39ClN4O5. The molecule has 1 aromatic heterocycles. The Morgan fingerprint density at radius 2 is 1.55 bits per heavy atom. The van der Waals surface area contributed by atoms with E-state index in [2.05, 4.69) is 10.2 Å². The van der Waals surface area contributed by atoms with Crippen LogP contribution in [0.4, 0.5) is 0 Å². The van der Waals surface area contributed by atoms with Crippen molar-refractivity contribution >= 4 is 22.5 Å². The second-order valence-corrected chi connectivity index (χ2v) is 10.7. The van der Waals surface area contributed by atoms with Gasteiger partial charge in [0.1, 0.15) is 5.75 Å². The van der Waals surface area contributed by atoms with Crippen LogP contribution >= 0.6 is 11.6 Å². The number of rotatable bonds is 12. The van der Waals surface area contributed by atoms with Crippen LogP contribution in [-0.2, 0) is 13.0 Å². The number of piperazine rings is 1. The number of nitrogens with one attached hydrogen (secondary N) is 1. The van der Waals surface area contributed by atoms with Crippen molar-refractivity contribution in [2.75, 3.05) is 61.7 Å². The molecule has 0 saturated carbocycles. The van der Waals surface area contributed by atoms with E-state index in [1.54, 1.807) is 35.5 Å². The van der Waals surface area contributed by atoms with E-state index in [0.29, 0.717) is 28.8 Å². The molecule has 10 heteroatoms. The number of aryl methyl sites for hydroxylation is 1. The Morgan fingerprint density at radius 3 is 2.24 bits per heavy atom. The predicted octanol–water partition coefficient (Wildman–Crippen LogP) is 5.36. The van der Waals surface area contributed by atoms with Gasteiger partial charge in [-0.05, 0) is 54.3 Å². The quantitative estimate of drug-likeness (QED) is 0.235. The average molecular weight is 595 g/mol. The fourth-order valence-corrected chi connectivity index (χ4v) is 6.10. The molecule has 1 N–H and O–H groups in total. The minimum atomic E-state index is 0.0436. The zero-order chi connectivity index (χ0) is 29.6. The number of benzene rings is 3. The molecule has 4 aromatic rings. The number of ether oxygens (including phenoxy) is 5. The summed E-state index contributed by atoms with van der Waals surface area (Å²) in [6.07, 6.45) is 3.55. The lowest BCUT2D eigenvalue weighted by Crippen LogP contribution is -2.45. The van der Waals surface area contributed by atoms with Crippen LogP contribution < -0.4 is 29.0 Å². The van der Waals surface area contributed by atoms with Crippen molar-refractivity contribution in [3.8, 4) is 28.7 Å². The molecule has 1 unspecified atom stereocenters. The topological polar surface area (TPSA) is 79.2 Å². The highest BCUT2D eigenvalue weighted by molar-refractivity contribution is 6.30. The summed E-state index contributed by atoms with van der Waals surface area (Å²) in [6, 6.07) is 13.8. The molecule has 3 aromatic carbocycles. The molecule has 0 amide bonds. The Morgan fingerprint density at radius 1 is 0.833 bits per heavy atom. The molecule has 5 rings (SSSR count). The second-order valence-electron chi connectivity index (χ2n) is 10.2. The maximum atomic E-state index is 6.39. The van der Waals surface area contributed by atoms with Crippen molar-refractivity contribution in [1.82, 2.24) is 20.0 Å². The van der Waals surface area contributed by atoms with Crippen LogP contribution in [-0.4, -0.2) is 76.4 Å². The monoisotopic (exact) mass is 594 g/mol. The van der Waals surface area contributed by atoms with E-state index in [0.717, 1.165) is 78.1 Å². The Balaban J connectivity index is 1.59. The highest BCUT2D eigenvalue weighted by atomic mass is 35.5. The highest BCUT2D eigenvalue weighted by Crippen LogP contribution is 2.45. The van der Waals surface area contributed by atoms with Gasteiger partial charge in [-0.1, -0.05) is 17.7 Å². The van der Waals surface area contributed by atoms with E-state index in [1.165, 1.54) is 0 Å². The van der Waals surface area contributed by atoms with Gasteiger partial charge >= 0.3 is 0 Å². The predicted molar refractivity (Wildman–Crippen MR) is 165 cm³/mol. The van der Waals surface area contributed by atoms with Gasteiger partial charge in [0.05, 0.1) is 53.8 Å². The van der Waals surface area contributed by atoms with Crippen molar-refractivity contribution < 1.29 is 23.7 Å². The summed E-state index contributed by atoms with van der Waals surface area (Å²) in [7, 11) is 8.36. The van der Waals surface area contributed by atoms with Crippen molar-refractivity contribution in [3.63, 3.8) is 0 Å². The van der Waals surface area contributed by atoms with Crippen LogP contribution in [0.5, 0.6) is 28.7 Å². The van der Waals surface area contributed by atoms with Gasteiger partial charge in [-0.2, -0.15) is 5.10 Å². The summed E-state index contributed by atoms with van der Waals surface area (Å²) >= 11 is 6.39. The summed E-state index contributed by atoms with van der Waals surface area (Å²) in [4.78, 5) is 2.52. The number of halogens is 1. The first-order chi connectivity index (χ1) is 20.5. The van der Waals surface area contributed by atoms with E-state index in [4.69, 9.17) is 40.4 Å². The second kappa shape index (κ2) is 13.5. The van der Waals surface area contributed by atoms with Gasteiger partial charge in [0.25, 0.3) is 0 Å². The lowest BCUT2D eigenvalue weighted by molar-refractivity contribution is 0.163. The summed E-state index contributed by atoms with van der Waals surface area (Å²) in [6.45, 7) is 4.23. The number of methoxy groups -OCH3 is 5. The van der Waals surface area contributed by atoms with Gasteiger partial charge in [0.15, 0.2) is 23.0 Å². The minimum absolute atomic E-state index is 0.0436. The summed E-state index contributed by atoms with van der Waals surface area (Å²) in [5.74, 6) is 3.62. The Hall–Kier alpha value is -3.66. The normalized spacial score (nSPS) is 14.5. The lowest BCUT2D eigenvalue weighted by atomic mass is 9.93. The molecule has 0 aliphatic carbocycles. The smallest absolute Gasteiger partial charge is 0.166 e. The van der Waals surface area contributed by atoms with Gasteiger partial charge < -0.3 is 29.0 Å². The fraction of sp³-hybridized carbons (Fsp3) is 0.406. The largest absolute Gasteiger partial charge is 0.496 e. The van der Waals surface area contributed by atoms with Gasteiger partial charge in [0.2, 0.25) is 0 Å². The summed E-state index contributed by atoms with van der Waals surface area (Å²) in [5, 5.41) is 10.1. The first-order valence-electron chi connectivity index (χ1n) is 14.1.